The summed E-state index contributed by atoms with van der Waals surface area (Å²) in [6.45, 7) is 8.36. The molecule has 1 unspecified atom stereocenters. The molecule has 2 N–H and O–H groups in total. The Hall–Kier alpha value is -0.860. The van der Waals surface area contributed by atoms with E-state index in [1.807, 2.05) is 0 Å². The molecule has 0 fully saturated rings. The molecule has 0 aliphatic rings. The van der Waals surface area contributed by atoms with Gasteiger partial charge >= 0.3 is 0 Å². The second-order valence-corrected chi connectivity index (χ2v) is 5.73. The van der Waals surface area contributed by atoms with Gasteiger partial charge in [-0.15, -0.1) is 0 Å². The van der Waals surface area contributed by atoms with Crippen molar-refractivity contribution in [3.63, 3.8) is 0 Å². The van der Waals surface area contributed by atoms with Gasteiger partial charge in [0.2, 0.25) is 0 Å². The summed E-state index contributed by atoms with van der Waals surface area (Å²) in [5.74, 6) is 0. The molecule has 108 valence electrons. The molecule has 1 aromatic carbocycles. The van der Waals surface area contributed by atoms with Crippen LogP contribution in [0, 0.1) is 6.92 Å². The molecule has 0 radical (unpaired) electrons. The Balaban J connectivity index is 2.75. The zero-order valence-electron chi connectivity index (χ0n) is 13.1. The third-order valence-corrected chi connectivity index (χ3v) is 4.38. The smallest absolute Gasteiger partial charge is 0.0329 e. The van der Waals surface area contributed by atoms with Gasteiger partial charge < -0.3 is 5.73 Å². The van der Waals surface area contributed by atoms with Crippen LogP contribution in [0.1, 0.15) is 50.7 Å². The molecule has 0 heterocycles. The lowest BCUT2D eigenvalue weighted by Crippen LogP contribution is -2.51. The predicted molar refractivity (Wildman–Crippen MR) is 84.2 cm³/mol. The van der Waals surface area contributed by atoms with Crippen LogP contribution in [0.15, 0.2) is 24.3 Å². The number of unbranched alkanes of at least 4 members (excludes halogenated alkanes) is 1. The minimum absolute atomic E-state index is 0.154. The largest absolute Gasteiger partial charge is 0.329 e. The number of rotatable bonds is 8. The molecule has 2 nitrogen and oxygen atoms in total. The maximum atomic E-state index is 6.10. The summed E-state index contributed by atoms with van der Waals surface area (Å²) in [6, 6.07) is 8.82. The quantitative estimate of drug-likeness (QED) is 0.773. The molecule has 0 saturated carbocycles. The average Bonchev–Trinajstić information content (AvgIpc) is 2.43. The summed E-state index contributed by atoms with van der Waals surface area (Å²) in [5.41, 5.74) is 8.94. The van der Waals surface area contributed by atoms with Crippen molar-refractivity contribution < 1.29 is 0 Å². The molecule has 0 aliphatic carbocycles. The van der Waals surface area contributed by atoms with Gasteiger partial charge in [-0.25, -0.2) is 0 Å². The highest BCUT2D eigenvalue weighted by Gasteiger charge is 2.30. The Labute approximate surface area is 119 Å². The van der Waals surface area contributed by atoms with Crippen LogP contribution in [0.5, 0.6) is 0 Å². The van der Waals surface area contributed by atoms with E-state index in [2.05, 4.69) is 57.0 Å². The first-order valence-corrected chi connectivity index (χ1v) is 7.55. The molecular formula is C17H30N2. The summed E-state index contributed by atoms with van der Waals surface area (Å²) in [6.07, 6.45) is 4.80. The molecule has 0 aliphatic heterocycles. The normalized spacial score (nSPS) is 14.6. The van der Waals surface area contributed by atoms with E-state index in [0.717, 1.165) is 19.5 Å². The van der Waals surface area contributed by atoms with Gasteiger partial charge in [-0.3, -0.25) is 4.90 Å². The fourth-order valence-corrected chi connectivity index (χ4v) is 2.68. The Morgan fingerprint density at radius 2 is 1.79 bits per heavy atom. The van der Waals surface area contributed by atoms with Crippen LogP contribution in [0.3, 0.4) is 0 Å². The third-order valence-electron chi connectivity index (χ3n) is 4.38. The maximum Gasteiger partial charge on any atom is 0.0329 e. The number of likely N-dealkylation sites (N-methyl/N-ethyl adjacent to an activating group) is 1. The van der Waals surface area contributed by atoms with Crippen LogP contribution in [-0.4, -0.2) is 24.0 Å². The van der Waals surface area contributed by atoms with E-state index in [1.54, 1.807) is 0 Å². The SMILES string of the molecule is CCCCC(CC)(CN)N(C)Cc1ccc(C)cc1. The molecular weight excluding hydrogens is 232 g/mol. The summed E-state index contributed by atoms with van der Waals surface area (Å²) in [5, 5.41) is 0. The average molecular weight is 262 g/mol. The van der Waals surface area contributed by atoms with Gasteiger partial charge in [0.05, 0.1) is 0 Å². The Morgan fingerprint density at radius 3 is 2.26 bits per heavy atom. The van der Waals surface area contributed by atoms with Gasteiger partial charge in [0.15, 0.2) is 0 Å². The Kier molecular flexibility index (Phi) is 6.53. The van der Waals surface area contributed by atoms with Gasteiger partial charge in [-0.05, 0) is 32.4 Å². The van der Waals surface area contributed by atoms with E-state index in [9.17, 15) is 0 Å². The molecule has 19 heavy (non-hydrogen) atoms. The summed E-state index contributed by atoms with van der Waals surface area (Å²) in [4.78, 5) is 2.45. The van der Waals surface area contributed by atoms with Crippen molar-refractivity contribution in [2.45, 2.75) is 58.5 Å². The van der Waals surface area contributed by atoms with Crippen molar-refractivity contribution in [2.75, 3.05) is 13.6 Å². The molecule has 2 heteroatoms. The first-order valence-electron chi connectivity index (χ1n) is 7.55. The van der Waals surface area contributed by atoms with E-state index >= 15 is 0 Å². The molecule has 1 aromatic rings. The molecule has 0 bridgehead atoms. The number of aryl methyl sites for hydroxylation is 1. The van der Waals surface area contributed by atoms with E-state index in [1.165, 1.54) is 30.4 Å². The highest BCUT2D eigenvalue weighted by Crippen LogP contribution is 2.26. The number of hydrogen-bond donors (Lipinski definition) is 1. The number of hydrogen-bond acceptors (Lipinski definition) is 2. The van der Waals surface area contributed by atoms with Gasteiger partial charge in [-0.2, -0.15) is 0 Å². The molecule has 0 spiro atoms. The van der Waals surface area contributed by atoms with Crippen molar-refractivity contribution >= 4 is 0 Å². The molecule has 1 rings (SSSR count). The second kappa shape index (κ2) is 7.66. The van der Waals surface area contributed by atoms with Crippen LogP contribution in [-0.2, 0) is 6.54 Å². The topological polar surface area (TPSA) is 29.3 Å². The van der Waals surface area contributed by atoms with Crippen molar-refractivity contribution in [3.8, 4) is 0 Å². The Morgan fingerprint density at radius 1 is 1.16 bits per heavy atom. The first-order chi connectivity index (χ1) is 9.07. The van der Waals surface area contributed by atoms with E-state index in [0.29, 0.717) is 0 Å². The minimum atomic E-state index is 0.154. The van der Waals surface area contributed by atoms with E-state index in [-0.39, 0.29) is 5.54 Å². The predicted octanol–water partition coefficient (Wildman–Crippen LogP) is 3.72. The lowest BCUT2D eigenvalue weighted by molar-refractivity contribution is 0.0999. The lowest BCUT2D eigenvalue weighted by Gasteiger charge is -2.41. The van der Waals surface area contributed by atoms with E-state index < -0.39 is 0 Å². The van der Waals surface area contributed by atoms with Crippen molar-refractivity contribution in [1.29, 1.82) is 0 Å². The van der Waals surface area contributed by atoms with Crippen LogP contribution in [0.4, 0.5) is 0 Å². The lowest BCUT2D eigenvalue weighted by atomic mass is 9.87. The fourth-order valence-electron chi connectivity index (χ4n) is 2.68. The monoisotopic (exact) mass is 262 g/mol. The maximum absolute atomic E-state index is 6.10. The van der Waals surface area contributed by atoms with Crippen molar-refractivity contribution in [3.05, 3.63) is 35.4 Å². The van der Waals surface area contributed by atoms with Crippen LogP contribution in [0.2, 0.25) is 0 Å². The Bertz CT molecular complexity index is 352. The standard InChI is InChI=1S/C17H30N2/c1-5-7-12-17(6-2,14-18)19(4)13-16-10-8-15(3)9-11-16/h8-11H,5-7,12-14,18H2,1-4H3. The molecule has 0 saturated heterocycles. The van der Waals surface area contributed by atoms with Crippen LogP contribution in [0.25, 0.3) is 0 Å². The van der Waals surface area contributed by atoms with Crippen molar-refractivity contribution in [2.24, 2.45) is 5.73 Å². The molecule has 0 aromatic heterocycles. The van der Waals surface area contributed by atoms with Crippen molar-refractivity contribution in [1.82, 2.24) is 4.90 Å². The second-order valence-electron chi connectivity index (χ2n) is 5.73. The summed E-state index contributed by atoms with van der Waals surface area (Å²) >= 11 is 0. The zero-order chi connectivity index (χ0) is 14.3. The summed E-state index contributed by atoms with van der Waals surface area (Å²) < 4.78 is 0. The van der Waals surface area contributed by atoms with Crippen LogP contribution >= 0.6 is 0 Å². The minimum Gasteiger partial charge on any atom is -0.329 e. The van der Waals surface area contributed by atoms with E-state index in [4.69, 9.17) is 5.73 Å². The van der Waals surface area contributed by atoms with Gasteiger partial charge in [0.25, 0.3) is 0 Å². The highest BCUT2D eigenvalue weighted by molar-refractivity contribution is 5.21. The third kappa shape index (κ3) is 4.32. The van der Waals surface area contributed by atoms with Gasteiger partial charge in [0, 0.05) is 18.6 Å². The number of benzene rings is 1. The first kappa shape index (κ1) is 16.2. The molecule has 1 atom stereocenters. The van der Waals surface area contributed by atoms with Crippen LogP contribution < -0.4 is 5.73 Å². The van der Waals surface area contributed by atoms with Gasteiger partial charge in [0.1, 0.15) is 0 Å². The summed E-state index contributed by atoms with van der Waals surface area (Å²) in [7, 11) is 2.21. The molecule has 0 amide bonds. The van der Waals surface area contributed by atoms with Gasteiger partial charge in [-0.1, -0.05) is 56.5 Å². The highest BCUT2D eigenvalue weighted by atomic mass is 15.2. The fraction of sp³-hybridized carbons (Fsp3) is 0.647. The number of nitrogens with zero attached hydrogens (tertiary/aromatic N) is 1. The number of nitrogens with two attached hydrogens (primary N) is 1. The zero-order valence-corrected chi connectivity index (χ0v) is 13.1.